The quantitative estimate of drug-likeness (QED) is 0.582. The first-order valence-electron chi connectivity index (χ1n) is 6.13. The lowest BCUT2D eigenvalue weighted by atomic mass is 9.84. The van der Waals surface area contributed by atoms with Gasteiger partial charge >= 0.3 is 0 Å². The standard InChI is InChI=1S/C14H16ClNO/c15-14-8-11(9-16-10-17)6-7-13(14)12-4-2-1-3-5-12/h6-8,12H,1-5,9H2. The maximum Gasteiger partial charge on any atom is 0.235 e. The van der Waals surface area contributed by atoms with Crippen LogP contribution >= 0.6 is 11.6 Å². The third-order valence-corrected chi connectivity index (χ3v) is 3.76. The number of hydrogen-bond acceptors (Lipinski definition) is 2. The van der Waals surface area contributed by atoms with Gasteiger partial charge in [-0.15, -0.1) is 0 Å². The Labute approximate surface area is 107 Å². The van der Waals surface area contributed by atoms with Crippen molar-refractivity contribution in [1.29, 1.82) is 0 Å². The van der Waals surface area contributed by atoms with Gasteiger partial charge in [-0.3, -0.25) is 0 Å². The molecule has 1 saturated carbocycles. The number of halogens is 1. The smallest absolute Gasteiger partial charge is 0.211 e. The van der Waals surface area contributed by atoms with Crippen LogP contribution in [-0.2, 0) is 11.3 Å². The fraction of sp³-hybridized carbons (Fsp3) is 0.500. The van der Waals surface area contributed by atoms with Gasteiger partial charge in [-0.25, -0.2) is 9.79 Å². The minimum Gasteiger partial charge on any atom is -0.211 e. The molecule has 0 radical (unpaired) electrons. The lowest BCUT2D eigenvalue weighted by Crippen LogP contribution is -2.05. The molecule has 0 aromatic heterocycles. The van der Waals surface area contributed by atoms with Crippen molar-refractivity contribution in [2.75, 3.05) is 0 Å². The molecule has 0 N–H and O–H groups in total. The highest BCUT2D eigenvalue weighted by atomic mass is 35.5. The zero-order chi connectivity index (χ0) is 12.1. The van der Waals surface area contributed by atoms with E-state index in [0.717, 1.165) is 10.6 Å². The van der Waals surface area contributed by atoms with E-state index in [2.05, 4.69) is 11.1 Å². The summed E-state index contributed by atoms with van der Waals surface area (Å²) in [6.07, 6.45) is 7.98. The van der Waals surface area contributed by atoms with Gasteiger partial charge in [-0.05, 0) is 36.0 Å². The molecule has 2 nitrogen and oxygen atoms in total. The monoisotopic (exact) mass is 249 g/mol. The summed E-state index contributed by atoms with van der Waals surface area (Å²) in [4.78, 5) is 13.6. The summed E-state index contributed by atoms with van der Waals surface area (Å²) in [6, 6.07) is 6.02. The van der Waals surface area contributed by atoms with Gasteiger partial charge in [0.1, 0.15) is 0 Å². The number of benzene rings is 1. The Morgan fingerprint density at radius 3 is 2.71 bits per heavy atom. The van der Waals surface area contributed by atoms with Crippen LogP contribution < -0.4 is 0 Å². The van der Waals surface area contributed by atoms with Gasteiger partial charge in [-0.2, -0.15) is 0 Å². The summed E-state index contributed by atoms with van der Waals surface area (Å²) in [6.45, 7) is 0.369. The summed E-state index contributed by atoms with van der Waals surface area (Å²) in [5.74, 6) is 0.611. The molecular formula is C14H16ClNO. The van der Waals surface area contributed by atoms with E-state index in [1.54, 1.807) is 6.08 Å². The molecule has 0 atom stereocenters. The first-order valence-corrected chi connectivity index (χ1v) is 6.51. The van der Waals surface area contributed by atoms with E-state index in [-0.39, 0.29) is 0 Å². The molecule has 0 spiro atoms. The highest BCUT2D eigenvalue weighted by Crippen LogP contribution is 2.36. The molecular weight excluding hydrogens is 234 g/mol. The zero-order valence-corrected chi connectivity index (χ0v) is 10.5. The number of hydrogen-bond donors (Lipinski definition) is 0. The molecule has 1 fully saturated rings. The summed E-state index contributed by atoms with van der Waals surface area (Å²) in [5, 5.41) is 0.815. The van der Waals surface area contributed by atoms with Crippen molar-refractivity contribution < 1.29 is 4.79 Å². The second kappa shape index (κ2) is 6.00. The third-order valence-electron chi connectivity index (χ3n) is 3.44. The molecule has 0 unspecified atom stereocenters. The molecule has 90 valence electrons. The maximum atomic E-state index is 10.1. The molecule has 0 aliphatic heterocycles. The molecule has 3 heteroatoms. The van der Waals surface area contributed by atoms with Gasteiger partial charge in [0.2, 0.25) is 6.08 Å². The fourth-order valence-electron chi connectivity index (χ4n) is 2.54. The first-order chi connectivity index (χ1) is 8.31. The predicted octanol–water partition coefficient (Wildman–Crippen LogP) is 4.22. The van der Waals surface area contributed by atoms with E-state index in [1.807, 2.05) is 12.1 Å². The molecule has 0 amide bonds. The molecule has 1 aliphatic rings. The SMILES string of the molecule is O=C=NCc1ccc(C2CCCCC2)c(Cl)c1. The second-order valence-corrected chi connectivity index (χ2v) is 5.01. The number of carbonyl (C=O) groups excluding carboxylic acids is 1. The number of nitrogens with zero attached hydrogens (tertiary/aromatic N) is 1. The molecule has 1 aromatic carbocycles. The van der Waals surface area contributed by atoms with Gasteiger partial charge in [0.05, 0.1) is 6.54 Å². The molecule has 1 aliphatic carbocycles. The Morgan fingerprint density at radius 1 is 1.29 bits per heavy atom. The van der Waals surface area contributed by atoms with E-state index >= 15 is 0 Å². The summed E-state index contributed by atoms with van der Waals surface area (Å²) < 4.78 is 0. The average Bonchev–Trinajstić information content (AvgIpc) is 2.37. The molecule has 0 heterocycles. The van der Waals surface area contributed by atoms with Gasteiger partial charge < -0.3 is 0 Å². The average molecular weight is 250 g/mol. The zero-order valence-electron chi connectivity index (χ0n) is 9.79. The van der Waals surface area contributed by atoms with Crippen molar-refractivity contribution in [3.05, 3.63) is 34.3 Å². The normalized spacial score (nSPS) is 16.5. The van der Waals surface area contributed by atoms with Crippen molar-refractivity contribution in [2.45, 2.75) is 44.6 Å². The van der Waals surface area contributed by atoms with Crippen molar-refractivity contribution in [3.63, 3.8) is 0 Å². The second-order valence-electron chi connectivity index (χ2n) is 4.60. The van der Waals surface area contributed by atoms with Crippen molar-refractivity contribution in [2.24, 2.45) is 4.99 Å². The molecule has 17 heavy (non-hydrogen) atoms. The van der Waals surface area contributed by atoms with Crippen LogP contribution in [0.25, 0.3) is 0 Å². The lowest BCUT2D eigenvalue weighted by Gasteiger charge is -2.23. The van der Waals surface area contributed by atoms with Crippen LogP contribution in [0.3, 0.4) is 0 Å². The summed E-state index contributed by atoms with van der Waals surface area (Å²) in [7, 11) is 0. The topological polar surface area (TPSA) is 29.4 Å². The van der Waals surface area contributed by atoms with E-state index in [0.29, 0.717) is 12.5 Å². The lowest BCUT2D eigenvalue weighted by molar-refractivity contribution is 0.443. The highest BCUT2D eigenvalue weighted by molar-refractivity contribution is 6.31. The van der Waals surface area contributed by atoms with Gasteiger partial charge in [0, 0.05) is 5.02 Å². The van der Waals surface area contributed by atoms with Crippen LogP contribution in [0.1, 0.15) is 49.1 Å². The number of isocyanates is 1. The van der Waals surface area contributed by atoms with Crippen molar-refractivity contribution in [3.8, 4) is 0 Å². The van der Waals surface area contributed by atoms with Crippen LogP contribution in [0.15, 0.2) is 23.2 Å². The van der Waals surface area contributed by atoms with E-state index in [4.69, 9.17) is 11.6 Å². The van der Waals surface area contributed by atoms with E-state index in [1.165, 1.54) is 37.7 Å². The van der Waals surface area contributed by atoms with Gasteiger partial charge in [0.25, 0.3) is 0 Å². The molecule has 0 saturated heterocycles. The summed E-state index contributed by atoms with van der Waals surface area (Å²) >= 11 is 6.30. The largest absolute Gasteiger partial charge is 0.235 e. The Kier molecular flexibility index (Phi) is 4.36. The minimum absolute atomic E-state index is 0.369. The van der Waals surface area contributed by atoms with Crippen LogP contribution in [0, 0.1) is 0 Å². The molecule has 2 rings (SSSR count). The van der Waals surface area contributed by atoms with Gasteiger partial charge in [-0.1, -0.05) is 43.0 Å². The van der Waals surface area contributed by atoms with Crippen LogP contribution in [0.2, 0.25) is 5.02 Å². The first kappa shape index (κ1) is 12.3. The Morgan fingerprint density at radius 2 is 2.06 bits per heavy atom. The molecule has 0 bridgehead atoms. The van der Waals surface area contributed by atoms with E-state index in [9.17, 15) is 4.79 Å². The predicted molar refractivity (Wildman–Crippen MR) is 69.1 cm³/mol. The fourth-order valence-corrected chi connectivity index (χ4v) is 2.89. The number of rotatable bonds is 3. The Balaban J connectivity index is 2.15. The van der Waals surface area contributed by atoms with Crippen LogP contribution in [0.4, 0.5) is 0 Å². The van der Waals surface area contributed by atoms with Gasteiger partial charge in [0.15, 0.2) is 0 Å². The Bertz CT molecular complexity index is 432. The van der Waals surface area contributed by atoms with Crippen molar-refractivity contribution in [1.82, 2.24) is 0 Å². The van der Waals surface area contributed by atoms with Crippen molar-refractivity contribution >= 4 is 17.7 Å². The summed E-state index contributed by atoms with van der Waals surface area (Å²) in [5.41, 5.74) is 2.23. The van der Waals surface area contributed by atoms with Crippen LogP contribution in [0.5, 0.6) is 0 Å². The maximum absolute atomic E-state index is 10.1. The Hall–Kier alpha value is -1.11. The highest BCUT2D eigenvalue weighted by Gasteiger charge is 2.17. The number of aliphatic imine (C=N–C) groups is 1. The molecule has 1 aromatic rings. The van der Waals surface area contributed by atoms with Crippen LogP contribution in [-0.4, -0.2) is 6.08 Å². The minimum atomic E-state index is 0.369. The van der Waals surface area contributed by atoms with E-state index < -0.39 is 0 Å². The third kappa shape index (κ3) is 3.18.